The van der Waals surface area contributed by atoms with Gasteiger partial charge < -0.3 is 5.73 Å². The van der Waals surface area contributed by atoms with Crippen molar-refractivity contribution in [3.8, 4) is 0 Å². The van der Waals surface area contributed by atoms with Crippen LogP contribution in [0.25, 0.3) is 0 Å². The maximum absolute atomic E-state index is 10.5. The van der Waals surface area contributed by atoms with Crippen molar-refractivity contribution < 1.29 is 4.79 Å². The van der Waals surface area contributed by atoms with Crippen LogP contribution in [0.15, 0.2) is 0 Å². The monoisotopic (exact) mass is 128 g/mol. The van der Waals surface area contributed by atoms with E-state index in [9.17, 15) is 4.79 Å². The van der Waals surface area contributed by atoms with Crippen molar-refractivity contribution in [1.82, 2.24) is 0 Å². The van der Waals surface area contributed by atoms with Crippen LogP contribution in [-0.4, -0.2) is 5.91 Å². The summed E-state index contributed by atoms with van der Waals surface area (Å²) >= 11 is 0. The van der Waals surface area contributed by atoms with E-state index in [0.29, 0.717) is 0 Å². The lowest BCUT2D eigenvalue weighted by Gasteiger charge is -2.06. The predicted octanol–water partition coefficient (Wildman–Crippen LogP) is 1.11. The minimum absolute atomic E-state index is 0.0440. The third-order valence-electron chi connectivity index (χ3n) is 1.45. The summed E-state index contributed by atoms with van der Waals surface area (Å²) in [6.45, 7) is 5.61. The number of rotatable bonds is 4. The fourth-order valence-corrected chi connectivity index (χ4v) is 0.794. The molecule has 9 heavy (non-hydrogen) atoms. The van der Waals surface area contributed by atoms with Crippen molar-refractivity contribution in [2.24, 2.45) is 11.7 Å². The topological polar surface area (TPSA) is 43.1 Å². The highest BCUT2D eigenvalue weighted by Gasteiger charge is 2.09. The molecule has 0 aliphatic carbocycles. The Kier molecular flexibility index (Phi) is 4.10. The molecule has 1 amide bonds. The Labute approximate surface area is 56.4 Å². The van der Waals surface area contributed by atoms with Crippen molar-refractivity contribution in [2.75, 3.05) is 0 Å². The van der Waals surface area contributed by atoms with E-state index in [1.54, 1.807) is 0 Å². The summed E-state index contributed by atoms with van der Waals surface area (Å²) in [5.74, 6) is -0.149. The van der Waals surface area contributed by atoms with Crippen molar-refractivity contribution in [3.05, 3.63) is 6.92 Å². The number of carbonyl (C=O) groups is 1. The predicted molar refractivity (Wildman–Crippen MR) is 37.6 cm³/mol. The Hall–Kier alpha value is -0.530. The van der Waals surface area contributed by atoms with Crippen LogP contribution < -0.4 is 5.73 Å². The summed E-state index contributed by atoms with van der Waals surface area (Å²) in [5, 5.41) is 0. The molecule has 0 aromatic heterocycles. The molecular formula is C7H14NO. The minimum Gasteiger partial charge on any atom is -0.369 e. The number of nitrogens with two attached hydrogens (primary N) is 1. The van der Waals surface area contributed by atoms with E-state index in [0.717, 1.165) is 19.3 Å². The molecule has 0 aliphatic rings. The number of amides is 1. The summed E-state index contributed by atoms with van der Waals surface area (Å²) in [4.78, 5) is 10.5. The summed E-state index contributed by atoms with van der Waals surface area (Å²) in [7, 11) is 0. The van der Waals surface area contributed by atoms with Gasteiger partial charge in [0.2, 0.25) is 5.91 Å². The number of hydrogen-bond acceptors (Lipinski definition) is 1. The van der Waals surface area contributed by atoms with Gasteiger partial charge in [0, 0.05) is 5.92 Å². The SMILES string of the molecule is [CH2]CCC(CC)C(N)=O. The van der Waals surface area contributed by atoms with Gasteiger partial charge in [0.15, 0.2) is 0 Å². The standard InChI is InChI=1S/C7H14NO/c1-3-5-6(4-2)7(8)9/h6H,1,3-5H2,2H3,(H2,8,9). The van der Waals surface area contributed by atoms with Crippen molar-refractivity contribution >= 4 is 5.91 Å². The average molecular weight is 128 g/mol. The van der Waals surface area contributed by atoms with Crippen LogP contribution >= 0.6 is 0 Å². The Morgan fingerprint density at radius 3 is 2.44 bits per heavy atom. The van der Waals surface area contributed by atoms with E-state index < -0.39 is 0 Å². The molecule has 1 unspecified atom stereocenters. The molecule has 0 spiro atoms. The molecule has 0 saturated heterocycles. The summed E-state index contributed by atoms with van der Waals surface area (Å²) < 4.78 is 0. The lowest BCUT2D eigenvalue weighted by Crippen LogP contribution is -2.22. The van der Waals surface area contributed by atoms with Gasteiger partial charge in [-0.1, -0.05) is 20.3 Å². The van der Waals surface area contributed by atoms with Gasteiger partial charge in [-0.05, 0) is 12.8 Å². The van der Waals surface area contributed by atoms with E-state index in [-0.39, 0.29) is 11.8 Å². The van der Waals surface area contributed by atoms with Gasteiger partial charge in [-0.2, -0.15) is 0 Å². The van der Waals surface area contributed by atoms with Crippen LogP contribution in [0.4, 0.5) is 0 Å². The zero-order chi connectivity index (χ0) is 7.28. The van der Waals surface area contributed by atoms with Gasteiger partial charge in [-0.25, -0.2) is 0 Å². The molecule has 2 N–H and O–H groups in total. The summed E-state index contributed by atoms with van der Waals surface area (Å²) in [6.07, 6.45) is 2.46. The van der Waals surface area contributed by atoms with E-state index in [1.807, 2.05) is 6.92 Å². The molecule has 1 atom stereocenters. The third-order valence-corrected chi connectivity index (χ3v) is 1.45. The fraction of sp³-hybridized carbons (Fsp3) is 0.714. The lowest BCUT2D eigenvalue weighted by atomic mass is 10.0. The first-order chi connectivity index (χ1) is 4.22. The Morgan fingerprint density at radius 1 is 1.78 bits per heavy atom. The highest BCUT2D eigenvalue weighted by Crippen LogP contribution is 2.08. The Morgan fingerprint density at radius 2 is 2.33 bits per heavy atom. The smallest absolute Gasteiger partial charge is 0.220 e. The number of hydrogen-bond donors (Lipinski definition) is 1. The van der Waals surface area contributed by atoms with E-state index >= 15 is 0 Å². The van der Waals surface area contributed by atoms with Crippen molar-refractivity contribution in [2.45, 2.75) is 26.2 Å². The minimum atomic E-state index is -0.193. The van der Waals surface area contributed by atoms with Gasteiger partial charge in [-0.3, -0.25) is 4.79 Å². The van der Waals surface area contributed by atoms with Gasteiger partial charge in [0.25, 0.3) is 0 Å². The first-order valence-electron chi connectivity index (χ1n) is 3.31. The Bertz CT molecular complexity index is 90.9. The zero-order valence-corrected chi connectivity index (χ0v) is 5.89. The van der Waals surface area contributed by atoms with Crippen LogP contribution in [0, 0.1) is 12.8 Å². The lowest BCUT2D eigenvalue weighted by molar-refractivity contribution is -0.122. The molecule has 2 heteroatoms. The highest BCUT2D eigenvalue weighted by atomic mass is 16.1. The molecule has 0 aliphatic heterocycles. The molecule has 0 heterocycles. The first kappa shape index (κ1) is 8.47. The van der Waals surface area contributed by atoms with E-state index in [1.165, 1.54) is 0 Å². The van der Waals surface area contributed by atoms with Crippen LogP contribution in [0.1, 0.15) is 26.2 Å². The molecule has 0 aromatic carbocycles. The molecule has 0 rings (SSSR count). The van der Waals surface area contributed by atoms with Crippen molar-refractivity contribution in [1.29, 1.82) is 0 Å². The van der Waals surface area contributed by atoms with Gasteiger partial charge in [-0.15, -0.1) is 0 Å². The van der Waals surface area contributed by atoms with Gasteiger partial charge >= 0.3 is 0 Å². The fourth-order valence-electron chi connectivity index (χ4n) is 0.794. The normalized spacial score (nSPS) is 13.1. The quantitative estimate of drug-likeness (QED) is 0.605. The van der Waals surface area contributed by atoms with Gasteiger partial charge in [0.1, 0.15) is 0 Å². The Balaban J connectivity index is 3.54. The number of primary amides is 1. The molecule has 0 fully saturated rings. The third kappa shape index (κ3) is 3.12. The molecule has 53 valence electrons. The largest absolute Gasteiger partial charge is 0.369 e. The maximum Gasteiger partial charge on any atom is 0.220 e. The van der Waals surface area contributed by atoms with Crippen LogP contribution in [0.5, 0.6) is 0 Å². The molecule has 0 aromatic rings. The van der Waals surface area contributed by atoms with E-state index in [4.69, 9.17) is 5.73 Å². The summed E-state index contributed by atoms with van der Waals surface area (Å²) in [6, 6.07) is 0. The van der Waals surface area contributed by atoms with Crippen molar-refractivity contribution in [3.63, 3.8) is 0 Å². The average Bonchev–Trinajstić information content (AvgIpc) is 1.82. The second-order valence-corrected chi connectivity index (χ2v) is 2.15. The second kappa shape index (κ2) is 4.36. The maximum atomic E-state index is 10.5. The second-order valence-electron chi connectivity index (χ2n) is 2.15. The van der Waals surface area contributed by atoms with Crippen LogP contribution in [0.2, 0.25) is 0 Å². The molecule has 1 radical (unpaired) electrons. The zero-order valence-electron chi connectivity index (χ0n) is 5.89. The summed E-state index contributed by atoms with van der Waals surface area (Å²) in [5.41, 5.74) is 5.07. The number of carbonyl (C=O) groups excluding carboxylic acids is 1. The molecular weight excluding hydrogens is 114 g/mol. The van der Waals surface area contributed by atoms with E-state index in [2.05, 4.69) is 6.92 Å². The highest BCUT2D eigenvalue weighted by molar-refractivity contribution is 5.76. The van der Waals surface area contributed by atoms with Crippen LogP contribution in [-0.2, 0) is 4.79 Å². The molecule has 0 saturated carbocycles. The van der Waals surface area contributed by atoms with Gasteiger partial charge in [0.05, 0.1) is 0 Å². The van der Waals surface area contributed by atoms with Crippen LogP contribution in [0.3, 0.4) is 0 Å². The molecule has 2 nitrogen and oxygen atoms in total. The molecule has 0 bridgehead atoms. The first-order valence-corrected chi connectivity index (χ1v) is 3.31.